The molecule has 0 saturated carbocycles. The first kappa shape index (κ1) is 71.1. The van der Waals surface area contributed by atoms with E-state index in [2.05, 4.69) is 182 Å². The molecule has 0 radical (unpaired) electrons. The molecule has 0 amide bonds. The van der Waals surface area contributed by atoms with Gasteiger partial charge in [0.05, 0.1) is 91.1 Å². The highest BCUT2D eigenvalue weighted by atomic mass is 32.2. The molecule has 0 aliphatic carbocycles. The highest BCUT2D eigenvalue weighted by molar-refractivity contribution is 8.01. The van der Waals surface area contributed by atoms with Crippen molar-refractivity contribution < 1.29 is 0 Å². The Morgan fingerprint density at radius 1 is 0.147 bits per heavy atom. The number of pyridine rings is 12. The second kappa shape index (κ2) is 31.9. The molecule has 20 aromatic rings. The summed E-state index contributed by atoms with van der Waals surface area (Å²) in [5.41, 5.74) is 20.8. The number of nitrogens with zero attached hydrogens (tertiary/aromatic N) is 12. The molecule has 8 aromatic carbocycles. The zero-order chi connectivity index (χ0) is 77.1. The van der Waals surface area contributed by atoms with Crippen molar-refractivity contribution in [2.75, 3.05) is 0 Å². The van der Waals surface area contributed by atoms with Crippen molar-refractivity contribution in [2.24, 2.45) is 0 Å². The van der Waals surface area contributed by atoms with E-state index < -0.39 is 0 Å². The normalized spacial score (nSPS) is 11.4. The number of aromatic nitrogens is 12. The Morgan fingerprint density at radius 2 is 0.319 bits per heavy atom. The van der Waals surface area contributed by atoms with Gasteiger partial charge in [-0.05, 0) is 283 Å². The summed E-state index contributed by atoms with van der Waals surface area (Å²) >= 11 is 7.14. The summed E-state index contributed by atoms with van der Waals surface area (Å²) in [5, 5.41) is 7.06. The van der Waals surface area contributed by atoms with Crippen molar-refractivity contribution in [3.63, 3.8) is 0 Å². The Kier molecular flexibility index (Phi) is 19.5. The molecule has 12 nitrogen and oxygen atoms in total. The minimum absolute atomic E-state index is 0.775. The highest BCUT2D eigenvalue weighted by Crippen LogP contribution is 2.52. The molecule has 546 valence electrons. The van der Waals surface area contributed by atoms with E-state index in [1.165, 1.54) is 10.8 Å². The van der Waals surface area contributed by atoms with Gasteiger partial charge in [0.25, 0.3) is 0 Å². The van der Waals surface area contributed by atoms with Crippen molar-refractivity contribution in [1.29, 1.82) is 0 Å². The van der Waals surface area contributed by atoms with Crippen LogP contribution in [0.3, 0.4) is 0 Å². The summed E-state index contributed by atoms with van der Waals surface area (Å²) in [5.74, 6) is 0. The lowest BCUT2D eigenvalue weighted by Crippen LogP contribution is -1.94. The number of hydrogen-bond donors (Lipinski definition) is 0. The van der Waals surface area contributed by atoms with Crippen LogP contribution in [0.2, 0.25) is 0 Å². The van der Waals surface area contributed by atoms with Crippen LogP contribution >= 0.6 is 47.0 Å². The SMILES string of the molecule is c1ccc(-c2cc(-c3ccc(Sc4cc(Sc5ccc(-c6cc(-c7ccccn7)nc(-c7ccccn7)c6)cc5)c5ccc6c(Sc7ccc(-c8cc(-c9ccccn9)nc(-c9ccccn9)c8)cc7)cc(Sc7ccc(-c8cc(-c9ccccn9)nc(-c9ccccn9)c8)cc7)c7ccc4c5c76)cc3)cc(-c3ccccn3)n2)nc1. The minimum atomic E-state index is 0.775. The molecule has 16 heteroatoms. The molecule has 116 heavy (non-hydrogen) atoms. The van der Waals surface area contributed by atoms with Crippen LogP contribution in [0, 0.1) is 0 Å². The second-order valence-electron chi connectivity index (χ2n) is 27.5. The monoisotopic (exact) mass is 1560 g/mol. The Bertz CT molecular complexity index is 5870. The quantitative estimate of drug-likeness (QED) is 0.0664. The number of hydrogen-bond acceptors (Lipinski definition) is 16. The van der Waals surface area contributed by atoms with Gasteiger partial charge in [-0.1, -0.05) is 168 Å². The van der Waals surface area contributed by atoms with Crippen LogP contribution in [0.5, 0.6) is 0 Å². The van der Waals surface area contributed by atoms with E-state index in [9.17, 15) is 0 Å². The van der Waals surface area contributed by atoms with Crippen LogP contribution < -0.4 is 0 Å². The van der Waals surface area contributed by atoms with Crippen LogP contribution in [0.25, 0.3) is 168 Å². The average Bonchev–Trinajstić information content (AvgIpc) is 0.714. The summed E-state index contributed by atoms with van der Waals surface area (Å²) in [4.78, 5) is 67.0. The topological polar surface area (TPSA) is 155 Å². The molecule has 0 unspecified atom stereocenters. The first-order chi connectivity index (χ1) is 57.4. The molecule has 0 aliphatic heterocycles. The molecule has 20 rings (SSSR count). The fourth-order valence-electron chi connectivity index (χ4n) is 14.5. The maximum atomic E-state index is 5.09. The summed E-state index contributed by atoms with van der Waals surface area (Å²) < 4.78 is 0. The van der Waals surface area contributed by atoms with E-state index in [1.807, 2.05) is 146 Å². The van der Waals surface area contributed by atoms with E-state index >= 15 is 0 Å². The predicted molar refractivity (Wildman–Crippen MR) is 471 cm³/mol. The van der Waals surface area contributed by atoms with Gasteiger partial charge in [-0.3, -0.25) is 39.9 Å². The van der Waals surface area contributed by atoms with E-state index in [1.54, 1.807) is 96.6 Å². The summed E-state index contributed by atoms with van der Waals surface area (Å²) in [6.45, 7) is 0. The first-order valence-electron chi connectivity index (χ1n) is 37.7. The maximum absolute atomic E-state index is 5.09. The molecule has 0 bridgehead atoms. The van der Waals surface area contributed by atoms with Crippen LogP contribution in [0.4, 0.5) is 0 Å². The third kappa shape index (κ3) is 15.0. The van der Waals surface area contributed by atoms with Crippen LogP contribution in [-0.2, 0) is 0 Å². The summed E-state index contributed by atoms with van der Waals surface area (Å²) in [6.07, 6.45) is 14.5. The Labute approximate surface area is 685 Å². The van der Waals surface area contributed by atoms with Crippen molar-refractivity contribution in [3.8, 4) is 136 Å². The van der Waals surface area contributed by atoms with Crippen LogP contribution in [-0.4, -0.2) is 59.8 Å². The molecule has 0 N–H and O–H groups in total. The van der Waals surface area contributed by atoms with Gasteiger partial charge in [-0.15, -0.1) is 0 Å². The minimum Gasteiger partial charge on any atom is -0.255 e. The maximum Gasteiger partial charge on any atom is 0.0900 e. The number of rotatable bonds is 20. The molecule has 0 saturated heterocycles. The molecule has 0 atom stereocenters. The lowest BCUT2D eigenvalue weighted by atomic mass is 9.94. The Morgan fingerprint density at radius 3 is 0.474 bits per heavy atom. The van der Waals surface area contributed by atoms with E-state index in [0.717, 1.165) is 196 Å². The van der Waals surface area contributed by atoms with E-state index in [-0.39, 0.29) is 0 Å². The van der Waals surface area contributed by atoms with Gasteiger partial charge >= 0.3 is 0 Å². The van der Waals surface area contributed by atoms with Gasteiger partial charge in [-0.25, -0.2) is 19.9 Å². The lowest BCUT2D eigenvalue weighted by molar-refractivity contribution is 1.22. The highest BCUT2D eigenvalue weighted by Gasteiger charge is 2.24. The molecular formula is C100H62N12S4. The molecule has 0 aliphatic rings. The smallest absolute Gasteiger partial charge is 0.0900 e. The lowest BCUT2D eigenvalue weighted by Gasteiger charge is -2.20. The summed E-state index contributed by atoms with van der Waals surface area (Å²) in [7, 11) is 0. The van der Waals surface area contributed by atoms with Gasteiger partial charge in [0.2, 0.25) is 0 Å². The Balaban J connectivity index is 0.721. The zero-order valence-corrected chi connectivity index (χ0v) is 65.1. The molecule has 12 aromatic heterocycles. The molecule has 12 heterocycles. The fraction of sp³-hybridized carbons (Fsp3) is 0. The molecular weight excluding hydrogens is 1500 g/mol. The Hall–Kier alpha value is -14.0. The van der Waals surface area contributed by atoms with E-state index in [0.29, 0.717) is 0 Å². The molecule has 0 fully saturated rings. The van der Waals surface area contributed by atoms with Crippen LogP contribution in [0.15, 0.2) is 416 Å². The predicted octanol–water partition coefficient (Wildman–Crippen LogP) is 25.9. The van der Waals surface area contributed by atoms with Gasteiger partial charge in [0.15, 0.2) is 0 Å². The summed E-state index contributed by atoms with van der Waals surface area (Å²) in [6, 6.07) is 114. The first-order valence-corrected chi connectivity index (χ1v) is 41.0. The van der Waals surface area contributed by atoms with Gasteiger partial charge < -0.3 is 0 Å². The van der Waals surface area contributed by atoms with Gasteiger partial charge in [0, 0.05) is 88.7 Å². The van der Waals surface area contributed by atoms with Crippen molar-refractivity contribution in [3.05, 3.63) is 377 Å². The van der Waals surface area contributed by atoms with Gasteiger partial charge in [0.1, 0.15) is 0 Å². The van der Waals surface area contributed by atoms with Crippen molar-refractivity contribution in [1.82, 2.24) is 59.8 Å². The fourth-order valence-corrected chi connectivity index (χ4v) is 18.6. The molecule has 0 spiro atoms. The van der Waals surface area contributed by atoms with Crippen molar-refractivity contribution >= 4 is 79.4 Å². The third-order valence-electron chi connectivity index (χ3n) is 20.1. The standard InChI is InChI=1S/C100H62N12S4/c1-9-45-101-79(17-1)87-53-67(54-88(109-87)80-18-2-10-46-102-80)63-25-33-71(34-26-63)113-95-61-96(114-72-35-27-64(28-36-72)68-55-89(81-19-3-11-47-103-81)110-90(56-68)82-20-4-12-48-104-82)76-43-44-78-98(116-74-39-31-66(32-40-74)70-59-93(85-23-7-15-51-107-85)112-94(60-70)86-24-8-16-52-108-86)62-97(77-42-41-75(95)99(76)100(77)78)115-73-37-29-65(30-38-73)69-57-91(83-21-5-13-49-105-83)111-92(58-69)84-22-6-14-50-106-84/h1-62H. The van der Waals surface area contributed by atoms with Gasteiger partial charge in [-0.2, -0.15) is 0 Å². The van der Waals surface area contributed by atoms with E-state index in [4.69, 9.17) is 59.8 Å². The third-order valence-corrected chi connectivity index (χ3v) is 24.4. The van der Waals surface area contributed by atoms with Crippen LogP contribution in [0.1, 0.15) is 0 Å². The average molecular weight is 1560 g/mol. The number of benzene rings is 8. The van der Waals surface area contributed by atoms with Crippen molar-refractivity contribution in [2.45, 2.75) is 39.2 Å². The zero-order valence-electron chi connectivity index (χ0n) is 61.8. The second-order valence-corrected chi connectivity index (χ2v) is 32.0. The largest absolute Gasteiger partial charge is 0.255 e.